The maximum absolute atomic E-state index is 9.54. The van der Waals surface area contributed by atoms with Crippen LogP contribution >= 0.6 is 0 Å². The average molecular weight is 100 g/mol. The Morgan fingerprint density at radius 3 is 2.67 bits per heavy atom. The van der Waals surface area contributed by atoms with Crippen LogP contribution in [0.15, 0.2) is 0 Å². The molecule has 0 saturated carbocycles. The summed E-state index contributed by atoms with van der Waals surface area (Å²) in [6, 6.07) is 0. The van der Waals surface area contributed by atoms with E-state index in [1.165, 1.54) is 0 Å². The average Bonchev–Trinajstić information content (AvgIpc) is 1.21. The van der Waals surface area contributed by atoms with Crippen molar-refractivity contribution in [2.45, 2.75) is 13.3 Å². The zero-order valence-corrected chi connectivity index (χ0v) is 5.52. The largest absolute Gasteiger partial charge is 1.00 e. The van der Waals surface area contributed by atoms with Crippen molar-refractivity contribution in [3.63, 3.8) is 0 Å². The van der Waals surface area contributed by atoms with Gasteiger partial charge in [0.25, 0.3) is 0 Å². The first-order chi connectivity index (χ1) is 3.42. The first-order valence-corrected chi connectivity index (χ1v) is 1.12. The van der Waals surface area contributed by atoms with Crippen LogP contribution in [0.2, 0.25) is 0 Å². The van der Waals surface area contributed by atoms with Gasteiger partial charge in [0.05, 0.1) is 0 Å². The van der Waals surface area contributed by atoms with E-state index in [4.69, 9.17) is 4.11 Å². The first kappa shape index (κ1) is 3.47. The number of hydrogen-bond donors (Lipinski definition) is 0. The van der Waals surface area contributed by atoms with E-state index < -0.39 is 19.2 Å². The molecule has 0 bridgehead atoms. The molecule has 0 fully saturated rings. The standard InChI is InChI=1S/C3H6O2.Na/c1-2-3(4)5;/h2H2,1H3,(H,4,5);/q;+1/p-1/i1+1D3;. The Labute approximate surface area is 63.1 Å². The SMILES string of the molecule is [2H][13C]([2H])([2H])CC(=O)[O-].[Na+]. The van der Waals surface area contributed by atoms with Crippen molar-refractivity contribution in [3.8, 4) is 0 Å². The number of rotatable bonds is 1. The Kier molecular flexibility index (Phi) is 3.16. The van der Waals surface area contributed by atoms with E-state index in [1.54, 1.807) is 0 Å². The minimum Gasteiger partial charge on any atom is -0.550 e. The molecule has 0 atom stereocenters. The molecule has 0 aromatic carbocycles. The zero-order chi connectivity index (χ0) is 6.78. The molecule has 6 heavy (non-hydrogen) atoms. The van der Waals surface area contributed by atoms with Crippen LogP contribution < -0.4 is 34.7 Å². The Morgan fingerprint density at radius 1 is 2.17 bits per heavy atom. The van der Waals surface area contributed by atoms with Crippen molar-refractivity contribution in [2.24, 2.45) is 0 Å². The van der Waals surface area contributed by atoms with Gasteiger partial charge in [0, 0.05) is 10.1 Å². The van der Waals surface area contributed by atoms with Crippen LogP contribution in [0.1, 0.15) is 17.4 Å². The second kappa shape index (κ2) is 5.47. The van der Waals surface area contributed by atoms with Crippen LogP contribution in [-0.4, -0.2) is 5.97 Å². The molecule has 0 aromatic rings. The molecule has 0 amide bonds. The molecule has 0 saturated heterocycles. The number of hydrogen-bond acceptors (Lipinski definition) is 2. The summed E-state index contributed by atoms with van der Waals surface area (Å²) in [5.41, 5.74) is 0. The van der Waals surface area contributed by atoms with Crippen molar-refractivity contribution in [1.29, 1.82) is 0 Å². The van der Waals surface area contributed by atoms with Gasteiger partial charge in [-0.1, -0.05) is 6.85 Å². The molecule has 0 spiro atoms. The minimum atomic E-state index is -2.39. The number of carbonyl (C=O) groups is 1. The Morgan fingerprint density at radius 2 is 2.67 bits per heavy atom. The first-order valence-electron chi connectivity index (χ1n) is 2.62. The van der Waals surface area contributed by atoms with Crippen molar-refractivity contribution in [3.05, 3.63) is 0 Å². The molecule has 0 aliphatic carbocycles. The Bertz CT molecular complexity index is 99.7. The van der Waals surface area contributed by atoms with E-state index in [1.807, 2.05) is 0 Å². The maximum atomic E-state index is 9.54. The van der Waals surface area contributed by atoms with Crippen LogP contribution in [0.4, 0.5) is 0 Å². The van der Waals surface area contributed by atoms with Crippen molar-refractivity contribution >= 4 is 5.97 Å². The molecule has 0 N–H and O–H groups in total. The molecule has 3 heteroatoms. The fourth-order valence-corrected chi connectivity index (χ4v) is 0. The fraction of sp³-hybridized carbons (Fsp3) is 0.667. The van der Waals surface area contributed by atoms with Gasteiger partial charge >= 0.3 is 29.6 Å². The van der Waals surface area contributed by atoms with Crippen LogP contribution in [0, 0.1) is 0 Å². The molecule has 0 unspecified atom stereocenters. The predicted molar refractivity (Wildman–Crippen MR) is 15.3 cm³/mol. The summed E-state index contributed by atoms with van der Waals surface area (Å²) in [7, 11) is 0. The fourth-order valence-electron chi connectivity index (χ4n) is 0. The Balaban J connectivity index is 0. The van der Waals surface area contributed by atoms with Gasteiger partial charge in [0.2, 0.25) is 0 Å². The van der Waals surface area contributed by atoms with Gasteiger partial charge in [-0.2, -0.15) is 0 Å². The molecular formula is C3H5NaO2. The summed E-state index contributed by atoms with van der Waals surface area (Å²) in [5, 5.41) is 9.54. The monoisotopic (exact) mass is 100 g/mol. The van der Waals surface area contributed by atoms with Gasteiger partial charge in [-0.05, 0) is 6.42 Å². The second-order valence-electron chi connectivity index (χ2n) is 0.549. The third-order valence-electron chi connectivity index (χ3n) is 0.144. The summed E-state index contributed by atoms with van der Waals surface area (Å²) < 4.78 is 19.1. The van der Waals surface area contributed by atoms with Crippen molar-refractivity contribution < 1.29 is 43.6 Å². The minimum absolute atomic E-state index is 0. The number of aliphatic carboxylic acids is 1. The zero-order valence-electron chi connectivity index (χ0n) is 6.52. The molecular weight excluding hydrogens is 92.0 g/mol. The normalized spacial score (nSPS) is 15.7. The van der Waals surface area contributed by atoms with E-state index >= 15 is 0 Å². The second-order valence-corrected chi connectivity index (χ2v) is 0.549. The third-order valence-corrected chi connectivity index (χ3v) is 0.144. The van der Waals surface area contributed by atoms with Crippen molar-refractivity contribution in [1.82, 2.24) is 0 Å². The summed E-state index contributed by atoms with van der Waals surface area (Å²) in [4.78, 5) is 9.54. The van der Waals surface area contributed by atoms with E-state index in [2.05, 4.69) is 0 Å². The van der Waals surface area contributed by atoms with E-state index in [9.17, 15) is 9.90 Å². The maximum Gasteiger partial charge on any atom is 1.00 e. The number of carboxylic acid groups (broad SMARTS) is 1. The molecule has 0 radical (unpaired) electrons. The molecule has 2 nitrogen and oxygen atoms in total. The van der Waals surface area contributed by atoms with E-state index in [-0.39, 0.29) is 29.6 Å². The molecule has 30 valence electrons. The van der Waals surface area contributed by atoms with Gasteiger partial charge < -0.3 is 9.90 Å². The van der Waals surface area contributed by atoms with Gasteiger partial charge in [-0.3, -0.25) is 0 Å². The van der Waals surface area contributed by atoms with Crippen LogP contribution in [0.5, 0.6) is 0 Å². The summed E-state index contributed by atoms with van der Waals surface area (Å²) >= 11 is 0. The quantitative estimate of drug-likeness (QED) is 0.250. The Hall–Kier alpha value is 0.470. The molecule has 0 aliphatic heterocycles. The predicted octanol–water partition coefficient (Wildman–Crippen LogP) is -3.85. The van der Waals surface area contributed by atoms with Gasteiger partial charge in [-0.15, -0.1) is 0 Å². The third kappa shape index (κ3) is 8.82. The smallest absolute Gasteiger partial charge is 0.550 e. The van der Waals surface area contributed by atoms with E-state index in [0.717, 1.165) is 0 Å². The molecule has 0 rings (SSSR count). The van der Waals surface area contributed by atoms with Gasteiger partial charge in [-0.25, -0.2) is 0 Å². The number of carboxylic acids is 1. The molecule has 0 aliphatic rings. The molecule has 0 heterocycles. The summed E-state index contributed by atoms with van der Waals surface area (Å²) in [6.45, 7) is -2.39. The topological polar surface area (TPSA) is 40.1 Å². The van der Waals surface area contributed by atoms with Crippen LogP contribution in [-0.2, 0) is 4.79 Å². The molecule has 0 aromatic heterocycles. The van der Waals surface area contributed by atoms with Crippen LogP contribution in [0.3, 0.4) is 0 Å². The van der Waals surface area contributed by atoms with Crippen molar-refractivity contribution in [2.75, 3.05) is 0 Å². The van der Waals surface area contributed by atoms with Gasteiger partial charge in [0.15, 0.2) is 0 Å². The number of carbonyl (C=O) groups excluding carboxylic acids is 1. The summed E-state index contributed by atoms with van der Waals surface area (Å²) in [5.74, 6) is -1.54. The van der Waals surface area contributed by atoms with Gasteiger partial charge in [0.1, 0.15) is 0 Å². The van der Waals surface area contributed by atoms with Crippen LogP contribution in [0.25, 0.3) is 0 Å². The van der Waals surface area contributed by atoms with E-state index in [0.29, 0.717) is 0 Å². The summed E-state index contributed by atoms with van der Waals surface area (Å²) in [6.07, 6.45) is -0.868.